The predicted octanol–water partition coefficient (Wildman–Crippen LogP) is 1.98. The number of benzene rings is 1. The van der Waals surface area contributed by atoms with Gasteiger partial charge in [-0.1, -0.05) is 11.6 Å². The lowest BCUT2D eigenvalue weighted by molar-refractivity contribution is 0.388. The number of aromatic amines is 1. The number of allylic oxidation sites excluding steroid dienone is 1. The summed E-state index contributed by atoms with van der Waals surface area (Å²) in [5, 5.41) is 24.6. The molecule has 0 atom stereocenters. The number of halogens is 2. The van der Waals surface area contributed by atoms with Crippen LogP contribution in [-0.2, 0) is 0 Å². The van der Waals surface area contributed by atoms with E-state index in [0.29, 0.717) is 0 Å². The van der Waals surface area contributed by atoms with Crippen molar-refractivity contribution in [2.75, 3.05) is 12.4 Å². The van der Waals surface area contributed by atoms with Gasteiger partial charge in [0.1, 0.15) is 11.6 Å². The Hall–Kier alpha value is -2.66. The summed E-state index contributed by atoms with van der Waals surface area (Å²) in [6, 6.07) is 4.76. The molecule has 0 aliphatic heterocycles. The van der Waals surface area contributed by atoms with E-state index in [4.69, 9.17) is 21.6 Å². The summed E-state index contributed by atoms with van der Waals surface area (Å²) in [5.74, 6) is -0.647. The van der Waals surface area contributed by atoms with Crippen molar-refractivity contribution in [3.8, 4) is 11.8 Å². The van der Waals surface area contributed by atoms with E-state index in [2.05, 4.69) is 25.9 Å². The summed E-state index contributed by atoms with van der Waals surface area (Å²) in [7, 11) is 1.31. The van der Waals surface area contributed by atoms with Crippen LogP contribution in [0, 0.1) is 17.1 Å². The maximum atomic E-state index is 14.0. The number of ether oxygens (including phenoxy) is 1. The highest BCUT2D eigenvalue weighted by molar-refractivity contribution is 6.32. The van der Waals surface area contributed by atoms with Gasteiger partial charge >= 0.3 is 0 Å². The zero-order valence-electron chi connectivity index (χ0n) is 10.2. The van der Waals surface area contributed by atoms with Gasteiger partial charge in [-0.15, -0.1) is 10.2 Å². The third-order valence-corrected chi connectivity index (χ3v) is 2.63. The van der Waals surface area contributed by atoms with Gasteiger partial charge in [0.15, 0.2) is 11.6 Å². The van der Waals surface area contributed by atoms with Crippen LogP contribution in [-0.4, -0.2) is 27.7 Å². The molecule has 0 unspecified atom stereocenters. The Morgan fingerprint density at radius 1 is 1.60 bits per heavy atom. The maximum Gasteiger partial charge on any atom is 0.216 e. The smallest absolute Gasteiger partial charge is 0.216 e. The molecule has 9 heteroatoms. The molecule has 0 amide bonds. The molecule has 0 bridgehead atoms. The standard InChI is InChI=1S/C11H8ClFN6O/c1-20-10-7(12)2-3-8(9(10)13)15-5-6(4-14)11-16-18-19-17-11/h2-3,5,15H,1H3,(H,16,17,18,19). The van der Waals surface area contributed by atoms with Crippen molar-refractivity contribution in [3.63, 3.8) is 0 Å². The molecule has 0 fully saturated rings. The normalized spacial score (nSPS) is 11.0. The van der Waals surface area contributed by atoms with Crippen molar-refractivity contribution in [3.05, 3.63) is 35.0 Å². The number of hydrogen-bond donors (Lipinski definition) is 2. The molecule has 0 saturated carbocycles. The second kappa shape index (κ2) is 5.99. The summed E-state index contributed by atoms with van der Waals surface area (Å²) in [6.07, 6.45) is 1.26. The molecule has 2 rings (SSSR count). The highest BCUT2D eigenvalue weighted by Crippen LogP contribution is 2.32. The van der Waals surface area contributed by atoms with Gasteiger partial charge in [-0.25, -0.2) is 4.39 Å². The number of hydrogen-bond acceptors (Lipinski definition) is 6. The first-order chi connectivity index (χ1) is 9.67. The third-order valence-electron chi connectivity index (χ3n) is 2.33. The highest BCUT2D eigenvalue weighted by atomic mass is 35.5. The minimum Gasteiger partial charge on any atom is -0.492 e. The van der Waals surface area contributed by atoms with E-state index in [1.54, 1.807) is 0 Å². The van der Waals surface area contributed by atoms with E-state index in [0.717, 1.165) is 0 Å². The zero-order chi connectivity index (χ0) is 14.5. The molecule has 0 spiro atoms. The summed E-state index contributed by atoms with van der Waals surface area (Å²) < 4.78 is 18.8. The van der Waals surface area contributed by atoms with E-state index in [1.807, 2.05) is 6.07 Å². The van der Waals surface area contributed by atoms with Gasteiger partial charge in [-0.2, -0.15) is 10.5 Å². The van der Waals surface area contributed by atoms with Crippen molar-refractivity contribution in [1.82, 2.24) is 20.6 Å². The zero-order valence-corrected chi connectivity index (χ0v) is 10.9. The number of anilines is 1. The van der Waals surface area contributed by atoms with E-state index in [-0.39, 0.29) is 27.9 Å². The number of nitrogens with one attached hydrogen (secondary N) is 2. The Bertz CT molecular complexity index is 679. The fourth-order valence-corrected chi connectivity index (χ4v) is 1.63. The summed E-state index contributed by atoms with van der Waals surface area (Å²) in [4.78, 5) is 0. The van der Waals surface area contributed by atoms with E-state index >= 15 is 0 Å². The molecular weight excluding hydrogens is 287 g/mol. The van der Waals surface area contributed by atoms with Gasteiger partial charge in [0, 0.05) is 6.20 Å². The minimum atomic E-state index is -0.665. The van der Waals surface area contributed by atoms with Crippen LogP contribution in [0.4, 0.5) is 10.1 Å². The summed E-state index contributed by atoms with van der Waals surface area (Å²) in [6.45, 7) is 0. The Labute approximate surface area is 118 Å². The molecule has 20 heavy (non-hydrogen) atoms. The van der Waals surface area contributed by atoms with Crippen molar-refractivity contribution >= 4 is 22.9 Å². The lowest BCUT2D eigenvalue weighted by Crippen LogP contribution is -1.98. The molecule has 2 aromatic rings. The van der Waals surface area contributed by atoms with Crippen LogP contribution in [0.25, 0.3) is 5.57 Å². The average molecular weight is 295 g/mol. The first-order valence-electron chi connectivity index (χ1n) is 5.30. The predicted molar refractivity (Wildman–Crippen MR) is 69.4 cm³/mol. The van der Waals surface area contributed by atoms with E-state index in [1.165, 1.54) is 25.4 Å². The third kappa shape index (κ3) is 2.67. The Morgan fingerprint density at radius 2 is 2.40 bits per heavy atom. The van der Waals surface area contributed by atoms with Gasteiger partial charge in [-0.3, -0.25) is 0 Å². The number of aromatic nitrogens is 4. The number of nitrogens with zero attached hydrogens (tertiary/aromatic N) is 4. The van der Waals surface area contributed by atoms with Crippen LogP contribution in [0.3, 0.4) is 0 Å². The van der Waals surface area contributed by atoms with Gasteiger partial charge in [0.05, 0.1) is 17.8 Å². The minimum absolute atomic E-state index is 0.0804. The first-order valence-corrected chi connectivity index (χ1v) is 5.67. The molecule has 0 aliphatic rings. The molecule has 1 heterocycles. The summed E-state index contributed by atoms with van der Waals surface area (Å²) in [5.41, 5.74) is 0.189. The fraction of sp³-hybridized carbons (Fsp3) is 0.0909. The Kier molecular flexibility index (Phi) is 4.12. The molecular formula is C11H8ClFN6O. The lowest BCUT2D eigenvalue weighted by atomic mass is 10.2. The van der Waals surface area contributed by atoms with Gasteiger partial charge in [0.2, 0.25) is 5.82 Å². The van der Waals surface area contributed by atoms with Crippen LogP contribution < -0.4 is 10.1 Å². The Morgan fingerprint density at radius 3 is 3.00 bits per heavy atom. The monoisotopic (exact) mass is 294 g/mol. The second-order valence-corrected chi connectivity index (χ2v) is 3.90. The van der Waals surface area contributed by atoms with Crippen LogP contribution in [0.2, 0.25) is 5.02 Å². The van der Waals surface area contributed by atoms with Crippen LogP contribution in [0.15, 0.2) is 18.3 Å². The molecule has 102 valence electrons. The lowest BCUT2D eigenvalue weighted by Gasteiger charge is -2.08. The number of H-pyrrole nitrogens is 1. The maximum absolute atomic E-state index is 14.0. The van der Waals surface area contributed by atoms with Gasteiger partial charge in [-0.05, 0) is 17.3 Å². The topological polar surface area (TPSA) is 99.5 Å². The van der Waals surface area contributed by atoms with Crippen molar-refractivity contribution in [2.24, 2.45) is 0 Å². The van der Waals surface area contributed by atoms with E-state index in [9.17, 15) is 4.39 Å². The highest BCUT2D eigenvalue weighted by Gasteiger charge is 2.13. The van der Waals surface area contributed by atoms with Crippen molar-refractivity contribution in [2.45, 2.75) is 0 Å². The van der Waals surface area contributed by atoms with Gasteiger partial charge < -0.3 is 10.1 Å². The molecule has 1 aromatic heterocycles. The Balaban J connectivity index is 2.29. The van der Waals surface area contributed by atoms with Crippen LogP contribution >= 0.6 is 11.6 Å². The SMILES string of the molecule is COc1c(Cl)ccc(NC=C(C#N)c2nn[nH]n2)c1F. The molecule has 0 saturated heterocycles. The largest absolute Gasteiger partial charge is 0.492 e. The van der Waals surface area contributed by atoms with Crippen LogP contribution in [0.5, 0.6) is 5.75 Å². The molecule has 2 N–H and O–H groups in total. The van der Waals surface area contributed by atoms with E-state index < -0.39 is 5.82 Å². The molecule has 7 nitrogen and oxygen atoms in total. The van der Waals surface area contributed by atoms with Gasteiger partial charge in [0.25, 0.3) is 0 Å². The van der Waals surface area contributed by atoms with Crippen molar-refractivity contribution in [1.29, 1.82) is 5.26 Å². The van der Waals surface area contributed by atoms with Crippen molar-refractivity contribution < 1.29 is 9.13 Å². The van der Waals surface area contributed by atoms with Crippen LogP contribution in [0.1, 0.15) is 5.82 Å². The quantitative estimate of drug-likeness (QED) is 0.836. The first kappa shape index (κ1) is 13.8. The number of tetrazole rings is 1. The molecule has 1 aromatic carbocycles. The summed E-state index contributed by atoms with van der Waals surface area (Å²) >= 11 is 5.78. The number of rotatable bonds is 4. The second-order valence-electron chi connectivity index (χ2n) is 3.49. The number of methoxy groups -OCH3 is 1. The molecule has 0 radical (unpaired) electrons. The average Bonchev–Trinajstić information content (AvgIpc) is 2.96. The number of nitriles is 1. The molecule has 0 aliphatic carbocycles. The fourth-order valence-electron chi connectivity index (χ4n) is 1.40.